The summed E-state index contributed by atoms with van der Waals surface area (Å²) in [5.74, 6) is 0.952. The first-order valence-electron chi connectivity index (χ1n) is 10.6. The van der Waals surface area contributed by atoms with Crippen molar-refractivity contribution in [3.63, 3.8) is 0 Å². The van der Waals surface area contributed by atoms with E-state index in [1.165, 1.54) is 0 Å². The van der Waals surface area contributed by atoms with E-state index in [9.17, 15) is 15.0 Å². The molecule has 3 aromatic carbocycles. The molecule has 0 bridgehead atoms. The molecule has 160 valence electrons. The Balaban J connectivity index is 1.67. The minimum Gasteiger partial charge on any atom is -0.508 e. The highest BCUT2D eigenvalue weighted by Gasteiger charge is 2.21. The summed E-state index contributed by atoms with van der Waals surface area (Å²) in [4.78, 5) is 18.1. The maximum atomic E-state index is 13.3. The first-order valence-corrected chi connectivity index (χ1v) is 10.6. The Morgan fingerprint density at radius 1 is 0.758 bits per heavy atom. The first kappa shape index (κ1) is 19.1. The number of aromatic nitrogens is 3. The van der Waals surface area contributed by atoms with Crippen molar-refractivity contribution in [2.45, 2.75) is 6.42 Å². The molecule has 1 aromatic heterocycles. The second kappa shape index (κ2) is 7.24. The number of hydrogen-bond donors (Lipinski definition) is 2. The van der Waals surface area contributed by atoms with E-state index in [-0.39, 0.29) is 17.1 Å². The molecule has 2 N–H and O–H groups in total. The zero-order valence-corrected chi connectivity index (χ0v) is 17.5. The maximum absolute atomic E-state index is 13.3. The average Bonchev–Trinajstić information content (AvgIpc) is 3.15. The van der Waals surface area contributed by atoms with Gasteiger partial charge in [0.15, 0.2) is 5.82 Å². The van der Waals surface area contributed by atoms with Gasteiger partial charge in [0.25, 0.3) is 5.56 Å². The Morgan fingerprint density at radius 2 is 1.45 bits per heavy atom. The van der Waals surface area contributed by atoms with Crippen LogP contribution < -0.4 is 5.56 Å². The van der Waals surface area contributed by atoms with Crippen LogP contribution in [0.25, 0.3) is 33.5 Å². The van der Waals surface area contributed by atoms with Gasteiger partial charge in [-0.15, -0.1) is 0 Å². The van der Waals surface area contributed by atoms with Crippen molar-refractivity contribution in [1.29, 1.82) is 0 Å². The molecule has 2 aliphatic rings. The van der Waals surface area contributed by atoms with Gasteiger partial charge in [-0.1, -0.05) is 36.4 Å². The molecule has 4 aromatic rings. The van der Waals surface area contributed by atoms with Crippen LogP contribution in [0.15, 0.2) is 95.9 Å². The van der Waals surface area contributed by atoms with E-state index in [0.717, 1.165) is 33.2 Å². The van der Waals surface area contributed by atoms with E-state index in [2.05, 4.69) is 4.40 Å². The van der Waals surface area contributed by atoms with Gasteiger partial charge in [-0.2, -0.15) is 0 Å². The highest BCUT2D eigenvalue weighted by molar-refractivity contribution is 5.87. The van der Waals surface area contributed by atoms with E-state index in [1.54, 1.807) is 41.0 Å². The lowest BCUT2D eigenvalue weighted by atomic mass is 10.1. The predicted molar refractivity (Wildman–Crippen MR) is 127 cm³/mol. The van der Waals surface area contributed by atoms with Crippen LogP contribution in [0.3, 0.4) is 0 Å². The van der Waals surface area contributed by atoms with Crippen LogP contribution in [0, 0.1) is 0 Å². The largest absolute Gasteiger partial charge is 0.508 e. The fraction of sp³-hybridized carbons (Fsp3) is 0.0370. The van der Waals surface area contributed by atoms with Gasteiger partial charge >= 0.3 is 0 Å². The molecular weight excluding hydrogens is 414 g/mol. The van der Waals surface area contributed by atoms with Crippen molar-refractivity contribution in [2.75, 3.05) is 0 Å². The highest BCUT2D eigenvalue weighted by atomic mass is 16.3. The summed E-state index contributed by atoms with van der Waals surface area (Å²) >= 11 is 0. The molecule has 33 heavy (non-hydrogen) atoms. The highest BCUT2D eigenvalue weighted by Crippen LogP contribution is 2.30. The number of para-hydroxylation sites is 1. The number of aromatic hydroxyl groups is 2. The van der Waals surface area contributed by atoms with Crippen molar-refractivity contribution >= 4 is 16.4 Å². The van der Waals surface area contributed by atoms with Crippen molar-refractivity contribution in [1.82, 2.24) is 14.0 Å². The monoisotopic (exact) mass is 433 g/mol. The van der Waals surface area contributed by atoms with E-state index in [4.69, 9.17) is 4.98 Å². The Hall–Kier alpha value is -4.58. The van der Waals surface area contributed by atoms with Crippen molar-refractivity contribution in [3.05, 3.63) is 113 Å². The van der Waals surface area contributed by atoms with Gasteiger partial charge in [-0.3, -0.25) is 9.36 Å². The standard InChI is InChI=1S/C27H19N3O3/c31-20-10-5-17(6-11-20)15-22-27(33)29-16-25(19-7-12-21(32)13-8-19)30-23-4-2-1-3-18(23)9-14-24(30)26(29)28-22/h1-14,16,31-32H,15H2. The van der Waals surface area contributed by atoms with E-state index < -0.39 is 0 Å². The van der Waals surface area contributed by atoms with Gasteiger partial charge in [0.05, 0.1) is 16.7 Å². The van der Waals surface area contributed by atoms with E-state index in [1.807, 2.05) is 54.7 Å². The van der Waals surface area contributed by atoms with E-state index >= 15 is 0 Å². The molecule has 0 saturated heterocycles. The summed E-state index contributed by atoms with van der Waals surface area (Å²) < 4.78 is 3.70. The van der Waals surface area contributed by atoms with Crippen LogP contribution in [0.4, 0.5) is 0 Å². The van der Waals surface area contributed by atoms with Crippen LogP contribution in [0.5, 0.6) is 11.5 Å². The molecule has 0 amide bonds. The Labute approximate surface area is 188 Å². The van der Waals surface area contributed by atoms with Crippen LogP contribution >= 0.6 is 0 Å². The second-order valence-electron chi connectivity index (χ2n) is 8.07. The quantitative estimate of drug-likeness (QED) is 0.395. The number of pyridine rings is 1. The Morgan fingerprint density at radius 3 is 2.21 bits per heavy atom. The zero-order chi connectivity index (χ0) is 22.5. The van der Waals surface area contributed by atoms with Gasteiger partial charge in [0.1, 0.15) is 17.2 Å². The van der Waals surface area contributed by atoms with Crippen molar-refractivity contribution < 1.29 is 10.2 Å². The molecule has 6 rings (SSSR count). The van der Waals surface area contributed by atoms with E-state index in [0.29, 0.717) is 17.9 Å². The second-order valence-corrected chi connectivity index (χ2v) is 8.07. The molecule has 0 atom stereocenters. The minimum atomic E-state index is -0.172. The SMILES string of the molecule is O=c1c(Cc2ccc(O)cc2)nc2c3ccc4ccccc4n3c(-c3ccc(O)cc3)cn1-2. The molecule has 0 spiro atoms. The van der Waals surface area contributed by atoms with Gasteiger partial charge in [0.2, 0.25) is 0 Å². The average molecular weight is 433 g/mol. The molecule has 0 unspecified atom stereocenters. The third-order valence-corrected chi connectivity index (χ3v) is 5.97. The summed E-state index contributed by atoms with van der Waals surface area (Å²) in [5.41, 5.74) is 4.67. The molecular formula is C27H19N3O3. The van der Waals surface area contributed by atoms with Gasteiger partial charge in [0, 0.05) is 18.2 Å². The lowest BCUT2D eigenvalue weighted by Crippen LogP contribution is -2.17. The summed E-state index contributed by atoms with van der Waals surface area (Å²) in [5, 5.41) is 20.4. The number of phenolic OH excluding ortho intramolecular Hbond substituents is 2. The van der Waals surface area contributed by atoms with Gasteiger partial charge < -0.3 is 14.6 Å². The molecule has 0 saturated carbocycles. The van der Waals surface area contributed by atoms with Crippen LogP contribution in [0.2, 0.25) is 0 Å². The molecule has 3 heterocycles. The summed E-state index contributed by atoms with van der Waals surface area (Å²) in [6.07, 6.45) is 2.19. The summed E-state index contributed by atoms with van der Waals surface area (Å²) in [6.45, 7) is 0. The molecule has 0 aliphatic carbocycles. The third kappa shape index (κ3) is 3.11. The number of nitrogens with zero attached hydrogens (tertiary/aromatic N) is 3. The lowest BCUT2D eigenvalue weighted by Gasteiger charge is -2.17. The normalized spacial score (nSPS) is 11.5. The maximum Gasteiger partial charge on any atom is 0.278 e. The first-order chi connectivity index (χ1) is 16.1. The van der Waals surface area contributed by atoms with Crippen molar-refractivity contribution in [3.8, 4) is 28.6 Å². The molecule has 2 aliphatic heterocycles. The number of rotatable bonds is 3. The van der Waals surface area contributed by atoms with Crippen LogP contribution in [-0.4, -0.2) is 24.2 Å². The summed E-state index contributed by atoms with van der Waals surface area (Å²) in [7, 11) is 0. The number of benzene rings is 3. The fourth-order valence-corrected chi connectivity index (χ4v) is 4.34. The third-order valence-electron chi connectivity index (χ3n) is 5.97. The minimum absolute atomic E-state index is 0.172. The lowest BCUT2D eigenvalue weighted by molar-refractivity contribution is 0.474. The molecule has 6 nitrogen and oxygen atoms in total. The molecule has 0 fully saturated rings. The van der Waals surface area contributed by atoms with Gasteiger partial charge in [-0.25, -0.2) is 4.98 Å². The predicted octanol–water partition coefficient (Wildman–Crippen LogP) is 4.75. The number of fused-ring (bicyclic) bond motifs is 5. The van der Waals surface area contributed by atoms with Crippen LogP contribution in [-0.2, 0) is 6.42 Å². The van der Waals surface area contributed by atoms with Crippen LogP contribution in [0.1, 0.15) is 11.3 Å². The zero-order valence-electron chi connectivity index (χ0n) is 17.5. The topological polar surface area (TPSA) is 79.8 Å². The fourth-order valence-electron chi connectivity index (χ4n) is 4.34. The number of imidazole rings is 1. The number of hydrogen-bond acceptors (Lipinski definition) is 4. The van der Waals surface area contributed by atoms with Gasteiger partial charge in [-0.05, 0) is 59.5 Å². The molecule has 0 radical (unpaired) electrons. The summed E-state index contributed by atoms with van der Waals surface area (Å²) in [6, 6.07) is 25.8. The smallest absolute Gasteiger partial charge is 0.278 e. The molecule has 6 heteroatoms. The Bertz CT molecular complexity index is 1660. The number of phenols is 2. The van der Waals surface area contributed by atoms with Crippen molar-refractivity contribution in [2.24, 2.45) is 0 Å². The Kier molecular flexibility index (Phi) is 4.20.